The highest BCUT2D eigenvalue weighted by molar-refractivity contribution is 6.42. The average molecular weight is 445 g/mol. The molecule has 0 bridgehead atoms. The van der Waals surface area contributed by atoms with Gasteiger partial charge in [0.25, 0.3) is 0 Å². The zero-order valence-electron chi connectivity index (χ0n) is 17.3. The van der Waals surface area contributed by atoms with E-state index >= 15 is 0 Å². The van der Waals surface area contributed by atoms with Gasteiger partial charge in [-0.1, -0.05) is 46.6 Å². The van der Waals surface area contributed by atoms with Gasteiger partial charge < -0.3 is 4.74 Å². The zero-order valence-corrected chi connectivity index (χ0v) is 18.8. The molecule has 0 N–H and O–H groups in total. The summed E-state index contributed by atoms with van der Waals surface area (Å²) < 4.78 is 8.10. The van der Waals surface area contributed by atoms with Crippen LogP contribution in [0, 0.1) is 0 Å². The van der Waals surface area contributed by atoms with Crippen molar-refractivity contribution in [2.45, 2.75) is 45.4 Å². The van der Waals surface area contributed by atoms with Crippen LogP contribution in [0.2, 0.25) is 10.0 Å². The molecule has 2 aromatic carbocycles. The number of halogens is 2. The van der Waals surface area contributed by atoms with Gasteiger partial charge in [0.05, 0.1) is 22.3 Å². The molecule has 1 aliphatic heterocycles. The summed E-state index contributed by atoms with van der Waals surface area (Å²) >= 11 is 12.1. The van der Waals surface area contributed by atoms with Crippen LogP contribution in [0.25, 0.3) is 11.3 Å². The van der Waals surface area contributed by atoms with E-state index in [0.29, 0.717) is 28.7 Å². The van der Waals surface area contributed by atoms with E-state index in [2.05, 4.69) is 29.1 Å². The van der Waals surface area contributed by atoms with Crippen molar-refractivity contribution < 1.29 is 4.74 Å². The second-order valence-electron chi connectivity index (χ2n) is 8.00. The first-order valence-corrected chi connectivity index (χ1v) is 11.1. The van der Waals surface area contributed by atoms with E-state index in [0.717, 1.165) is 42.1 Å². The summed E-state index contributed by atoms with van der Waals surface area (Å²) in [5, 5.41) is 9.95. The average Bonchev–Trinajstić information content (AvgIpc) is 3.25. The van der Waals surface area contributed by atoms with Gasteiger partial charge in [0, 0.05) is 18.2 Å². The van der Waals surface area contributed by atoms with Gasteiger partial charge in [0.15, 0.2) is 0 Å². The van der Waals surface area contributed by atoms with Crippen molar-refractivity contribution in [1.82, 2.24) is 19.9 Å². The maximum absolute atomic E-state index is 6.12. The second kappa shape index (κ2) is 9.38. The monoisotopic (exact) mass is 444 g/mol. The van der Waals surface area contributed by atoms with Gasteiger partial charge in [0.2, 0.25) is 0 Å². The second-order valence-corrected chi connectivity index (χ2v) is 8.82. The molecule has 0 saturated carbocycles. The Kier molecular flexibility index (Phi) is 6.61. The summed E-state index contributed by atoms with van der Waals surface area (Å²) in [6.45, 7) is 7.05. The Hall–Kier alpha value is -2.08. The molecule has 1 atom stereocenters. The number of hydrogen-bond acceptors (Lipinski definition) is 4. The van der Waals surface area contributed by atoms with E-state index in [1.807, 2.05) is 47.3 Å². The standard InChI is InChI=1S/C23H26Cl2N4O/c1-16(2)28-11-5-6-18(13-28)29-14-22(26-27-29)19-7-3-4-8-23(19)30-15-17-9-10-20(24)21(25)12-17/h3-4,7-10,12,14,16,18H,5-6,11,13,15H2,1-2H3. The van der Waals surface area contributed by atoms with Crippen molar-refractivity contribution in [1.29, 1.82) is 0 Å². The highest BCUT2D eigenvalue weighted by Crippen LogP contribution is 2.31. The van der Waals surface area contributed by atoms with Crippen LogP contribution in [0.3, 0.4) is 0 Å². The Labute approximate surface area is 187 Å². The van der Waals surface area contributed by atoms with Crippen molar-refractivity contribution in [3.8, 4) is 17.0 Å². The maximum Gasteiger partial charge on any atom is 0.129 e. The van der Waals surface area contributed by atoms with E-state index in [4.69, 9.17) is 27.9 Å². The first-order chi connectivity index (χ1) is 14.5. The van der Waals surface area contributed by atoms with E-state index < -0.39 is 0 Å². The minimum atomic E-state index is 0.353. The molecule has 0 amide bonds. The lowest BCUT2D eigenvalue weighted by Crippen LogP contribution is -2.40. The van der Waals surface area contributed by atoms with Crippen LogP contribution in [0.4, 0.5) is 0 Å². The summed E-state index contributed by atoms with van der Waals surface area (Å²) in [6, 6.07) is 14.3. The van der Waals surface area contributed by atoms with Crippen LogP contribution in [-0.4, -0.2) is 39.0 Å². The quantitative estimate of drug-likeness (QED) is 0.476. The van der Waals surface area contributed by atoms with Gasteiger partial charge in [-0.25, -0.2) is 4.68 Å². The number of benzene rings is 2. The van der Waals surface area contributed by atoms with Crippen LogP contribution >= 0.6 is 23.2 Å². The lowest BCUT2D eigenvalue weighted by Gasteiger charge is -2.35. The first-order valence-electron chi connectivity index (χ1n) is 10.3. The number of rotatable bonds is 6. The van der Waals surface area contributed by atoms with E-state index in [1.165, 1.54) is 6.42 Å². The van der Waals surface area contributed by atoms with Crippen molar-refractivity contribution >= 4 is 23.2 Å². The molecule has 1 aliphatic rings. The smallest absolute Gasteiger partial charge is 0.129 e. The molecular formula is C23H26Cl2N4O. The molecule has 4 rings (SSSR count). The van der Waals surface area contributed by atoms with Gasteiger partial charge in [-0.05, 0) is 63.1 Å². The van der Waals surface area contributed by atoms with Crippen molar-refractivity contribution in [3.05, 3.63) is 64.3 Å². The summed E-state index contributed by atoms with van der Waals surface area (Å²) in [5.41, 5.74) is 2.71. The molecule has 1 aromatic heterocycles. The lowest BCUT2D eigenvalue weighted by atomic mass is 10.0. The number of nitrogens with zero attached hydrogens (tertiary/aromatic N) is 4. The van der Waals surface area contributed by atoms with Gasteiger partial charge in [-0.2, -0.15) is 0 Å². The van der Waals surface area contributed by atoms with E-state index in [-0.39, 0.29) is 0 Å². The fraction of sp³-hybridized carbons (Fsp3) is 0.391. The molecule has 5 nitrogen and oxygen atoms in total. The molecule has 2 heterocycles. The molecule has 30 heavy (non-hydrogen) atoms. The summed E-state index contributed by atoms with van der Waals surface area (Å²) in [6.07, 6.45) is 4.35. The van der Waals surface area contributed by atoms with Gasteiger partial charge >= 0.3 is 0 Å². The summed E-state index contributed by atoms with van der Waals surface area (Å²) in [5.74, 6) is 0.767. The molecule has 7 heteroatoms. The molecule has 158 valence electrons. The highest BCUT2D eigenvalue weighted by atomic mass is 35.5. The third-order valence-corrected chi connectivity index (χ3v) is 6.32. The predicted octanol–water partition coefficient (Wildman–Crippen LogP) is 5.88. The van der Waals surface area contributed by atoms with Crippen molar-refractivity contribution in [2.24, 2.45) is 0 Å². The minimum Gasteiger partial charge on any atom is -0.488 e. The van der Waals surface area contributed by atoms with Crippen LogP contribution in [-0.2, 0) is 6.61 Å². The van der Waals surface area contributed by atoms with E-state index in [9.17, 15) is 0 Å². The third kappa shape index (κ3) is 4.80. The number of piperidine rings is 1. The molecule has 1 fully saturated rings. The Morgan fingerprint density at radius 1 is 1.13 bits per heavy atom. The van der Waals surface area contributed by atoms with Gasteiger partial charge in [-0.3, -0.25) is 4.90 Å². The lowest BCUT2D eigenvalue weighted by molar-refractivity contribution is 0.136. The molecule has 0 spiro atoms. The van der Waals surface area contributed by atoms with Crippen molar-refractivity contribution in [2.75, 3.05) is 13.1 Å². The summed E-state index contributed by atoms with van der Waals surface area (Å²) in [7, 11) is 0. The number of ether oxygens (including phenoxy) is 1. The molecule has 0 aliphatic carbocycles. The topological polar surface area (TPSA) is 43.2 Å². The Bertz CT molecular complexity index is 1000. The number of para-hydroxylation sites is 1. The number of hydrogen-bond donors (Lipinski definition) is 0. The van der Waals surface area contributed by atoms with Crippen LogP contribution in [0.1, 0.15) is 38.3 Å². The SMILES string of the molecule is CC(C)N1CCCC(n2cc(-c3ccccc3OCc3ccc(Cl)c(Cl)c3)nn2)C1. The van der Waals surface area contributed by atoms with Gasteiger partial charge in [0.1, 0.15) is 18.1 Å². The largest absolute Gasteiger partial charge is 0.488 e. The Morgan fingerprint density at radius 2 is 1.97 bits per heavy atom. The minimum absolute atomic E-state index is 0.353. The predicted molar refractivity (Wildman–Crippen MR) is 121 cm³/mol. The molecule has 1 unspecified atom stereocenters. The van der Waals surface area contributed by atoms with Gasteiger partial charge in [-0.15, -0.1) is 5.10 Å². The highest BCUT2D eigenvalue weighted by Gasteiger charge is 2.24. The molecule has 0 radical (unpaired) electrons. The number of likely N-dealkylation sites (tertiary alicyclic amines) is 1. The molecule has 3 aromatic rings. The van der Waals surface area contributed by atoms with Crippen LogP contribution < -0.4 is 4.74 Å². The fourth-order valence-corrected chi connectivity index (χ4v) is 4.16. The van der Waals surface area contributed by atoms with E-state index in [1.54, 1.807) is 6.07 Å². The first kappa shape index (κ1) is 21.2. The normalized spacial score (nSPS) is 17.4. The third-order valence-electron chi connectivity index (χ3n) is 5.58. The summed E-state index contributed by atoms with van der Waals surface area (Å²) in [4.78, 5) is 2.50. The van der Waals surface area contributed by atoms with Crippen LogP contribution in [0.15, 0.2) is 48.7 Å². The maximum atomic E-state index is 6.12. The fourth-order valence-electron chi connectivity index (χ4n) is 3.84. The molecular weight excluding hydrogens is 419 g/mol. The van der Waals surface area contributed by atoms with Crippen molar-refractivity contribution in [3.63, 3.8) is 0 Å². The Balaban J connectivity index is 1.50. The Morgan fingerprint density at radius 3 is 2.77 bits per heavy atom. The zero-order chi connectivity index (χ0) is 21.1. The number of aromatic nitrogens is 3. The molecule has 1 saturated heterocycles. The van der Waals surface area contributed by atoms with Crippen LogP contribution in [0.5, 0.6) is 5.75 Å².